The first kappa shape index (κ1) is 18.4. The van der Waals surface area contributed by atoms with Crippen LogP contribution in [-0.4, -0.2) is 19.7 Å². The van der Waals surface area contributed by atoms with E-state index in [4.69, 9.17) is 4.74 Å². The minimum absolute atomic E-state index is 0.287. The number of fused-ring (bicyclic) bond motifs is 1. The quantitative estimate of drug-likeness (QED) is 0.558. The predicted octanol–water partition coefficient (Wildman–Crippen LogP) is 2.48. The monoisotopic (exact) mass is 390 g/mol. The molecule has 0 saturated heterocycles. The molecule has 2 N–H and O–H groups in total. The first-order chi connectivity index (χ1) is 13.8. The number of nitrogens with one attached hydrogen (secondary N) is 2. The van der Waals surface area contributed by atoms with Gasteiger partial charge in [-0.05, 0) is 56.2 Å². The fraction of sp³-hybridized carbons (Fsp3) is 0.143. The molecule has 0 unspecified atom stereocenters. The molecule has 0 amide bonds. The summed E-state index contributed by atoms with van der Waals surface area (Å²) in [5.74, 6) is 0.865. The SMILES string of the molecule is Cc1cc(-n2cc(C)c(=O)[nH]c2=O)cc(C)c1Oc1n[nH]c(=O)c2ccccc12. The minimum atomic E-state index is -0.513. The first-order valence-electron chi connectivity index (χ1n) is 8.94. The Balaban J connectivity index is 1.81. The van der Waals surface area contributed by atoms with Crippen molar-refractivity contribution < 1.29 is 4.74 Å². The van der Waals surface area contributed by atoms with Crippen molar-refractivity contribution in [1.82, 2.24) is 19.7 Å². The van der Waals surface area contributed by atoms with E-state index in [9.17, 15) is 14.4 Å². The van der Waals surface area contributed by atoms with Gasteiger partial charge in [0.05, 0.1) is 16.5 Å². The molecule has 0 spiro atoms. The average Bonchev–Trinajstić information content (AvgIpc) is 2.69. The molecule has 29 heavy (non-hydrogen) atoms. The predicted molar refractivity (Wildman–Crippen MR) is 109 cm³/mol. The molecule has 0 aliphatic carbocycles. The molecule has 0 saturated carbocycles. The van der Waals surface area contributed by atoms with Crippen LogP contribution in [-0.2, 0) is 0 Å². The van der Waals surface area contributed by atoms with Gasteiger partial charge in [-0.1, -0.05) is 12.1 Å². The Labute approximate surface area is 164 Å². The number of aromatic nitrogens is 4. The summed E-state index contributed by atoms with van der Waals surface area (Å²) in [6.07, 6.45) is 1.51. The van der Waals surface area contributed by atoms with E-state index >= 15 is 0 Å². The fourth-order valence-electron chi connectivity index (χ4n) is 3.25. The second kappa shape index (κ2) is 6.90. The number of rotatable bonds is 3. The van der Waals surface area contributed by atoms with Gasteiger partial charge in [-0.3, -0.25) is 19.1 Å². The fourth-order valence-corrected chi connectivity index (χ4v) is 3.25. The Morgan fingerprint density at radius 1 is 0.897 bits per heavy atom. The third-order valence-corrected chi connectivity index (χ3v) is 4.70. The van der Waals surface area contributed by atoms with Gasteiger partial charge in [0, 0.05) is 11.8 Å². The summed E-state index contributed by atoms with van der Waals surface area (Å²) < 4.78 is 7.43. The van der Waals surface area contributed by atoms with Crippen molar-refractivity contribution in [2.24, 2.45) is 0 Å². The van der Waals surface area contributed by atoms with E-state index < -0.39 is 11.2 Å². The molecule has 2 aromatic heterocycles. The van der Waals surface area contributed by atoms with Crippen LogP contribution in [0.4, 0.5) is 0 Å². The zero-order valence-corrected chi connectivity index (χ0v) is 16.1. The minimum Gasteiger partial charge on any atom is -0.437 e. The summed E-state index contributed by atoms with van der Waals surface area (Å²) in [4.78, 5) is 38.1. The maximum Gasteiger partial charge on any atom is 0.332 e. The summed E-state index contributed by atoms with van der Waals surface area (Å²) in [5.41, 5.74) is 1.38. The van der Waals surface area contributed by atoms with Crippen molar-refractivity contribution in [3.05, 3.63) is 90.5 Å². The Kier molecular flexibility index (Phi) is 4.38. The smallest absolute Gasteiger partial charge is 0.332 e. The number of hydrogen-bond donors (Lipinski definition) is 2. The third kappa shape index (κ3) is 3.25. The van der Waals surface area contributed by atoms with Crippen molar-refractivity contribution in [1.29, 1.82) is 0 Å². The van der Waals surface area contributed by atoms with Gasteiger partial charge in [0.2, 0.25) is 5.88 Å². The van der Waals surface area contributed by atoms with Crippen LogP contribution < -0.4 is 21.5 Å². The number of ether oxygens (including phenoxy) is 1. The number of aryl methyl sites for hydroxylation is 3. The average molecular weight is 390 g/mol. The lowest BCUT2D eigenvalue weighted by molar-refractivity contribution is 0.454. The number of nitrogens with zero attached hydrogens (tertiary/aromatic N) is 2. The van der Waals surface area contributed by atoms with E-state index in [1.54, 1.807) is 37.3 Å². The summed E-state index contributed by atoms with van der Waals surface area (Å²) in [7, 11) is 0. The number of aromatic amines is 2. The summed E-state index contributed by atoms with van der Waals surface area (Å²) in [6, 6.07) is 10.6. The second-order valence-corrected chi connectivity index (χ2v) is 6.86. The molecule has 0 aliphatic heterocycles. The Bertz CT molecular complexity index is 1410. The lowest BCUT2D eigenvalue weighted by atomic mass is 10.1. The Hall–Kier alpha value is -3.94. The van der Waals surface area contributed by atoms with E-state index in [0.29, 0.717) is 27.8 Å². The van der Waals surface area contributed by atoms with E-state index in [-0.39, 0.29) is 11.4 Å². The number of hydrogen-bond acceptors (Lipinski definition) is 5. The van der Waals surface area contributed by atoms with Gasteiger partial charge in [0.15, 0.2) is 0 Å². The van der Waals surface area contributed by atoms with E-state index in [1.807, 2.05) is 19.9 Å². The highest BCUT2D eigenvalue weighted by Crippen LogP contribution is 2.32. The van der Waals surface area contributed by atoms with Crippen LogP contribution in [0.5, 0.6) is 11.6 Å². The lowest BCUT2D eigenvalue weighted by Crippen LogP contribution is -2.29. The Morgan fingerprint density at radius 2 is 1.55 bits per heavy atom. The maximum atomic E-state index is 12.2. The summed E-state index contributed by atoms with van der Waals surface area (Å²) >= 11 is 0. The van der Waals surface area contributed by atoms with Gasteiger partial charge in [-0.15, -0.1) is 5.10 Å². The molecule has 4 rings (SSSR count). The standard InChI is InChI=1S/C21H18N4O4/c1-11-8-14(25-10-13(3)18(26)22-21(25)28)9-12(2)17(11)29-20-16-7-5-4-6-15(16)19(27)23-24-20/h4-10H,1-3H3,(H,23,27)(H,22,26,28). The van der Waals surface area contributed by atoms with Crippen molar-refractivity contribution in [3.63, 3.8) is 0 Å². The molecule has 0 atom stereocenters. The highest BCUT2D eigenvalue weighted by Gasteiger charge is 2.14. The summed E-state index contributed by atoms with van der Waals surface area (Å²) in [5, 5.41) is 7.58. The van der Waals surface area contributed by atoms with Crippen LogP contribution in [0.2, 0.25) is 0 Å². The van der Waals surface area contributed by atoms with E-state index in [2.05, 4.69) is 15.2 Å². The molecule has 2 aromatic carbocycles. The molecule has 0 aliphatic rings. The zero-order valence-electron chi connectivity index (χ0n) is 16.1. The van der Waals surface area contributed by atoms with Gasteiger partial charge < -0.3 is 4.74 Å². The maximum absolute atomic E-state index is 12.2. The highest BCUT2D eigenvalue weighted by molar-refractivity contribution is 5.86. The van der Waals surface area contributed by atoms with Crippen molar-refractivity contribution in [2.45, 2.75) is 20.8 Å². The Morgan fingerprint density at radius 3 is 2.24 bits per heavy atom. The van der Waals surface area contributed by atoms with Crippen LogP contribution in [0.3, 0.4) is 0 Å². The van der Waals surface area contributed by atoms with Crippen molar-refractivity contribution in [3.8, 4) is 17.3 Å². The van der Waals surface area contributed by atoms with Crippen LogP contribution in [0, 0.1) is 20.8 Å². The zero-order chi connectivity index (χ0) is 20.7. The van der Waals surface area contributed by atoms with Crippen molar-refractivity contribution in [2.75, 3.05) is 0 Å². The molecule has 0 bridgehead atoms. The third-order valence-electron chi connectivity index (χ3n) is 4.70. The molecule has 4 aromatic rings. The summed E-state index contributed by atoms with van der Waals surface area (Å²) in [6.45, 7) is 5.34. The molecular weight excluding hydrogens is 372 g/mol. The number of benzene rings is 2. The van der Waals surface area contributed by atoms with Gasteiger partial charge in [-0.2, -0.15) is 0 Å². The second-order valence-electron chi connectivity index (χ2n) is 6.86. The largest absolute Gasteiger partial charge is 0.437 e. The van der Waals surface area contributed by atoms with Crippen LogP contribution in [0.25, 0.3) is 16.5 Å². The first-order valence-corrected chi connectivity index (χ1v) is 8.94. The topological polar surface area (TPSA) is 110 Å². The van der Waals surface area contributed by atoms with Crippen LogP contribution in [0.1, 0.15) is 16.7 Å². The molecule has 0 fully saturated rings. The van der Waals surface area contributed by atoms with Crippen LogP contribution in [0.15, 0.2) is 57.0 Å². The van der Waals surface area contributed by atoms with E-state index in [0.717, 1.165) is 11.1 Å². The van der Waals surface area contributed by atoms with Gasteiger partial charge >= 0.3 is 5.69 Å². The lowest BCUT2D eigenvalue weighted by Gasteiger charge is -2.15. The van der Waals surface area contributed by atoms with Gasteiger partial charge in [0.25, 0.3) is 11.1 Å². The molecular formula is C21H18N4O4. The molecule has 8 nitrogen and oxygen atoms in total. The van der Waals surface area contributed by atoms with Gasteiger partial charge in [-0.25, -0.2) is 9.89 Å². The molecule has 0 radical (unpaired) electrons. The molecule has 8 heteroatoms. The molecule has 146 valence electrons. The van der Waals surface area contributed by atoms with Crippen molar-refractivity contribution >= 4 is 10.8 Å². The number of H-pyrrole nitrogens is 2. The normalized spacial score (nSPS) is 11.0. The van der Waals surface area contributed by atoms with Gasteiger partial charge in [0.1, 0.15) is 5.75 Å². The van der Waals surface area contributed by atoms with Crippen LogP contribution >= 0.6 is 0 Å². The van der Waals surface area contributed by atoms with E-state index in [1.165, 1.54) is 10.8 Å². The molecule has 2 heterocycles. The highest BCUT2D eigenvalue weighted by atomic mass is 16.5.